The summed E-state index contributed by atoms with van der Waals surface area (Å²) in [4.78, 5) is 24.9. The first kappa shape index (κ1) is 17.5. The van der Waals surface area contributed by atoms with E-state index in [4.69, 9.17) is 9.15 Å². The number of rotatable bonds is 8. The minimum Gasteiger partial charge on any atom is -0.484 e. The lowest BCUT2D eigenvalue weighted by Gasteiger charge is -2.17. The van der Waals surface area contributed by atoms with Crippen LogP contribution in [0.5, 0.6) is 5.75 Å². The van der Waals surface area contributed by atoms with Gasteiger partial charge in [0, 0.05) is 19.2 Å². The molecule has 1 heterocycles. The summed E-state index contributed by atoms with van der Waals surface area (Å²) in [6.45, 7) is 2.44. The van der Waals surface area contributed by atoms with Crippen LogP contribution in [0.4, 0.5) is 0 Å². The van der Waals surface area contributed by atoms with E-state index in [1.165, 1.54) is 11.3 Å². The lowest BCUT2D eigenvalue weighted by Crippen LogP contribution is -2.40. The predicted molar refractivity (Wildman–Crippen MR) is 86.2 cm³/mol. The van der Waals surface area contributed by atoms with Gasteiger partial charge in [0.25, 0.3) is 5.91 Å². The zero-order chi connectivity index (χ0) is 17.4. The van der Waals surface area contributed by atoms with Crippen LogP contribution < -0.4 is 10.1 Å². The Bertz CT molecular complexity index is 655. The van der Waals surface area contributed by atoms with E-state index in [1.54, 1.807) is 31.3 Å². The van der Waals surface area contributed by atoms with Gasteiger partial charge in [-0.15, -0.1) is 10.2 Å². The molecule has 1 aromatic carbocycles. The van der Waals surface area contributed by atoms with Gasteiger partial charge in [-0.3, -0.25) is 9.59 Å². The van der Waals surface area contributed by atoms with Gasteiger partial charge >= 0.3 is 0 Å². The molecule has 0 saturated carbocycles. The van der Waals surface area contributed by atoms with Crippen LogP contribution in [0.25, 0.3) is 11.5 Å². The third kappa shape index (κ3) is 5.08. The Morgan fingerprint density at radius 2 is 2.04 bits per heavy atom. The number of benzene rings is 1. The van der Waals surface area contributed by atoms with Crippen molar-refractivity contribution in [2.45, 2.75) is 13.3 Å². The molecular weight excluding hydrogens is 312 g/mol. The average Bonchev–Trinajstić information content (AvgIpc) is 3.12. The molecule has 0 unspecified atom stereocenters. The number of carbonyl (C=O) groups excluding carboxylic acids is 2. The van der Waals surface area contributed by atoms with Gasteiger partial charge < -0.3 is 19.4 Å². The molecule has 0 aliphatic carbocycles. The Kier molecular flexibility index (Phi) is 6.30. The molecule has 1 aromatic heterocycles. The van der Waals surface area contributed by atoms with Gasteiger partial charge in [0.05, 0.1) is 6.54 Å². The Morgan fingerprint density at radius 1 is 1.29 bits per heavy atom. The van der Waals surface area contributed by atoms with Crippen molar-refractivity contribution in [2.24, 2.45) is 0 Å². The lowest BCUT2D eigenvalue weighted by molar-refractivity contribution is -0.136. The van der Waals surface area contributed by atoms with Gasteiger partial charge in [0.15, 0.2) is 6.61 Å². The smallest absolute Gasteiger partial charge is 0.260 e. The van der Waals surface area contributed by atoms with E-state index in [0.29, 0.717) is 18.2 Å². The summed E-state index contributed by atoms with van der Waals surface area (Å²) >= 11 is 0. The second-order valence-electron chi connectivity index (χ2n) is 5.16. The van der Waals surface area contributed by atoms with Gasteiger partial charge in [0.1, 0.15) is 5.75 Å². The maximum Gasteiger partial charge on any atom is 0.260 e. The van der Waals surface area contributed by atoms with Crippen molar-refractivity contribution in [2.75, 3.05) is 26.7 Å². The van der Waals surface area contributed by atoms with Crippen molar-refractivity contribution in [1.82, 2.24) is 20.4 Å². The van der Waals surface area contributed by atoms with Crippen LogP contribution in [0.1, 0.15) is 13.3 Å². The van der Waals surface area contributed by atoms with Crippen molar-refractivity contribution in [1.29, 1.82) is 0 Å². The summed E-state index contributed by atoms with van der Waals surface area (Å²) in [5.41, 5.74) is 0.760. The van der Waals surface area contributed by atoms with Gasteiger partial charge in [-0.05, 0) is 30.7 Å². The van der Waals surface area contributed by atoms with E-state index in [9.17, 15) is 9.59 Å². The fourth-order valence-electron chi connectivity index (χ4n) is 1.87. The summed E-state index contributed by atoms with van der Waals surface area (Å²) in [5.74, 6) is 0.491. The minimum absolute atomic E-state index is 0.0122. The molecule has 128 valence electrons. The molecule has 24 heavy (non-hydrogen) atoms. The molecule has 2 amide bonds. The SMILES string of the molecule is CCCNC(=O)CN(C)C(=O)COc1ccc(-c2nnco2)cc1. The van der Waals surface area contributed by atoms with Crippen molar-refractivity contribution in [3.05, 3.63) is 30.7 Å². The molecule has 0 saturated heterocycles. The zero-order valence-corrected chi connectivity index (χ0v) is 13.7. The predicted octanol–water partition coefficient (Wildman–Crippen LogP) is 1.10. The highest BCUT2D eigenvalue weighted by atomic mass is 16.5. The molecule has 2 aromatic rings. The minimum atomic E-state index is -0.275. The summed E-state index contributed by atoms with van der Waals surface area (Å²) in [6.07, 6.45) is 2.11. The fraction of sp³-hybridized carbons (Fsp3) is 0.375. The largest absolute Gasteiger partial charge is 0.484 e. The quantitative estimate of drug-likeness (QED) is 0.777. The molecule has 1 N–H and O–H groups in total. The summed E-state index contributed by atoms with van der Waals surface area (Å²) in [7, 11) is 1.57. The number of likely N-dealkylation sites (N-methyl/N-ethyl adjacent to an activating group) is 1. The Morgan fingerprint density at radius 3 is 2.67 bits per heavy atom. The first-order valence-electron chi connectivity index (χ1n) is 7.60. The van der Waals surface area contributed by atoms with E-state index in [0.717, 1.165) is 12.0 Å². The van der Waals surface area contributed by atoms with Crippen molar-refractivity contribution < 1.29 is 18.7 Å². The third-order valence-electron chi connectivity index (χ3n) is 3.20. The fourth-order valence-corrected chi connectivity index (χ4v) is 1.87. The van der Waals surface area contributed by atoms with E-state index in [1.807, 2.05) is 6.92 Å². The van der Waals surface area contributed by atoms with Crippen LogP contribution in [-0.4, -0.2) is 53.7 Å². The zero-order valence-electron chi connectivity index (χ0n) is 13.7. The van der Waals surface area contributed by atoms with Gasteiger partial charge in [-0.1, -0.05) is 6.92 Å². The maximum atomic E-state index is 12.0. The normalized spacial score (nSPS) is 10.2. The molecule has 0 fully saturated rings. The topological polar surface area (TPSA) is 97.6 Å². The van der Waals surface area contributed by atoms with Crippen LogP contribution in [0.3, 0.4) is 0 Å². The number of aromatic nitrogens is 2. The second-order valence-corrected chi connectivity index (χ2v) is 5.16. The van der Waals surface area contributed by atoms with E-state index < -0.39 is 0 Å². The molecule has 0 spiro atoms. The molecule has 0 bridgehead atoms. The van der Waals surface area contributed by atoms with Crippen molar-refractivity contribution >= 4 is 11.8 Å². The molecule has 8 nitrogen and oxygen atoms in total. The van der Waals surface area contributed by atoms with Gasteiger partial charge in [0.2, 0.25) is 18.2 Å². The van der Waals surface area contributed by atoms with E-state index in [-0.39, 0.29) is 25.0 Å². The lowest BCUT2D eigenvalue weighted by atomic mass is 10.2. The molecular formula is C16H20N4O4. The molecule has 0 aliphatic heterocycles. The highest BCUT2D eigenvalue weighted by Gasteiger charge is 2.13. The maximum absolute atomic E-state index is 12.0. The number of ether oxygens (including phenoxy) is 1. The molecule has 2 rings (SSSR count). The van der Waals surface area contributed by atoms with Gasteiger partial charge in [-0.2, -0.15) is 0 Å². The molecule has 0 atom stereocenters. The standard InChI is InChI=1S/C16H20N4O4/c1-3-8-17-14(21)9-20(2)15(22)10-23-13-6-4-12(5-7-13)16-19-18-11-24-16/h4-7,11H,3,8-10H2,1-2H3,(H,17,21). The third-order valence-corrected chi connectivity index (χ3v) is 3.20. The number of amides is 2. The van der Waals surface area contributed by atoms with Crippen molar-refractivity contribution in [3.63, 3.8) is 0 Å². The number of hydrogen-bond acceptors (Lipinski definition) is 6. The number of nitrogens with zero attached hydrogens (tertiary/aromatic N) is 3. The Labute approximate surface area is 139 Å². The highest BCUT2D eigenvalue weighted by molar-refractivity contribution is 5.85. The molecule has 8 heteroatoms. The van der Waals surface area contributed by atoms with Crippen LogP contribution in [0, 0.1) is 0 Å². The first-order chi connectivity index (χ1) is 11.6. The van der Waals surface area contributed by atoms with Crippen molar-refractivity contribution in [3.8, 4) is 17.2 Å². The highest BCUT2D eigenvalue weighted by Crippen LogP contribution is 2.20. The Hall–Kier alpha value is -2.90. The van der Waals surface area contributed by atoms with E-state index >= 15 is 0 Å². The van der Waals surface area contributed by atoms with E-state index in [2.05, 4.69) is 15.5 Å². The van der Waals surface area contributed by atoms with Crippen LogP contribution in [-0.2, 0) is 9.59 Å². The number of carbonyl (C=O) groups is 2. The first-order valence-corrected chi connectivity index (χ1v) is 7.60. The second kappa shape index (κ2) is 8.66. The molecule has 0 radical (unpaired) electrons. The summed E-state index contributed by atoms with van der Waals surface area (Å²) in [5, 5.41) is 10.1. The molecule has 0 aliphatic rings. The monoisotopic (exact) mass is 332 g/mol. The number of nitrogens with one attached hydrogen (secondary N) is 1. The summed E-state index contributed by atoms with van der Waals surface area (Å²) < 4.78 is 10.5. The van der Waals surface area contributed by atoms with Gasteiger partial charge in [-0.25, -0.2) is 0 Å². The number of hydrogen-bond donors (Lipinski definition) is 1. The Balaban J connectivity index is 1.79. The van der Waals surface area contributed by atoms with Crippen LogP contribution in [0.2, 0.25) is 0 Å². The van der Waals surface area contributed by atoms with Crippen LogP contribution in [0.15, 0.2) is 35.1 Å². The summed E-state index contributed by atoms with van der Waals surface area (Å²) in [6, 6.07) is 6.94. The average molecular weight is 332 g/mol. The van der Waals surface area contributed by atoms with Crippen LogP contribution >= 0.6 is 0 Å².